The highest BCUT2D eigenvalue weighted by Gasteiger charge is 2.60. The molecule has 10 rings (SSSR count). The van der Waals surface area contributed by atoms with E-state index in [0.717, 1.165) is 81.0 Å². The van der Waals surface area contributed by atoms with Crippen molar-refractivity contribution in [1.29, 1.82) is 0 Å². The molecule has 0 radical (unpaired) electrons. The van der Waals surface area contributed by atoms with Crippen LogP contribution in [0.4, 0.5) is 4.79 Å². The first-order valence-electron chi connectivity index (χ1n) is 17.4. The van der Waals surface area contributed by atoms with Crippen LogP contribution in [0.15, 0.2) is 30.6 Å². The number of carbonyl (C=O) groups is 1. The summed E-state index contributed by atoms with van der Waals surface area (Å²) in [5.41, 5.74) is 8.46. The number of likely N-dealkylation sites (tertiary alicyclic amines) is 1. The largest absolute Gasteiger partial charge is 0.365 e. The quantitative estimate of drug-likeness (QED) is 0.291. The topological polar surface area (TPSA) is 107 Å². The molecule has 3 aliphatic heterocycles. The van der Waals surface area contributed by atoms with Crippen LogP contribution in [0.1, 0.15) is 86.9 Å². The lowest BCUT2D eigenvalue weighted by atomic mass is 9.53. The van der Waals surface area contributed by atoms with Gasteiger partial charge in [-0.15, -0.1) is 0 Å². The number of benzene rings is 1. The zero-order valence-electron chi connectivity index (χ0n) is 26.6. The zero-order chi connectivity index (χ0) is 30.7. The number of rotatable bonds is 3. The van der Waals surface area contributed by atoms with E-state index < -0.39 is 5.79 Å². The van der Waals surface area contributed by atoms with E-state index in [4.69, 9.17) is 19.2 Å². The third-order valence-electron chi connectivity index (χ3n) is 12.2. The van der Waals surface area contributed by atoms with Crippen molar-refractivity contribution in [3.05, 3.63) is 47.4 Å². The minimum Gasteiger partial charge on any atom is -0.365 e. The van der Waals surface area contributed by atoms with Crippen molar-refractivity contribution in [2.45, 2.75) is 94.2 Å². The molecule has 3 saturated carbocycles. The van der Waals surface area contributed by atoms with Crippen LogP contribution in [0.2, 0.25) is 0 Å². The maximum absolute atomic E-state index is 13.5. The molecule has 6 heterocycles. The van der Waals surface area contributed by atoms with E-state index >= 15 is 0 Å². The predicted molar refractivity (Wildman–Crippen MR) is 172 cm³/mol. The number of aromatic amines is 1. The van der Waals surface area contributed by atoms with Crippen molar-refractivity contribution in [3.63, 3.8) is 0 Å². The Morgan fingerprint density at radius 2 is 1.85 bits per heavy atom. The molecule has 6 aliphatic rings. The fraction of sp³-hybridized carbons (Fsp3) is 0.583. The second-order valence-corrected chi connectivity index (χ2v) is 15.0. The van der Waals surface area contributed by atoms with Gasteiger partial charge in [-0.1, -0.05) is 12.5 Å². The normalized spacial score (nSPS) is 25.9. The molecular formula is C36H42N6O4. The van der Waals surface area contributed by atoms with Crippen LogP contribution in [0, 0.1) is 5.41 Å². The molecular weight excluding hydrogens is 580 g/mol. The first-order valence-corrected chi connectivity index (χ1v) is 17.4. The number of urea groups is 1. The number of amides is 2. The Balaban J connectivity index is 0.920. The van der Waals surface area contributed by atoms with Crippen LogP contribution < -0.4 is 5.32 Å². The molecule has 1 unspecified atom stereocenters. The highest BCUT2D eigenvalue weighted by atomic mass is 16.7. The molecule has 2 saturated heterocycles. The molecule has 3 aliphatic carbocycles. The molecule has 2 amide bonds. The van der Waals surface area contributed by atoms with Crippen LogP contribution in [0.25, 0.3) is 33.1 Å². The summed E-state index contributed by atoms with van der Waals surface area (Å²) < 4.78 is 20.8. The molecule has 1 atom stereocenters. The van der Waals surface area contributed by atoms with Gasteiger partial charge in [0.05, 0.1) is 43.2 Å². The van der Waals surface area contributed by atoms with E-state index in [1.54, 1.807) is 0 Å². The number of ether oxygens (including phenoxy) is 3. The van der Waals surface area contributed by atoms with Crippen molar-refractivity contribution in [3.8, 4) is 11.1 Å². The highest BCUT2D eigenvalue weighted by molar-refractivity contribution is 6.01. The Bertz CT molecular complexity index is 1870. The number of nitrogens with one attached hydrogen (secondary N) is 2. The van der Waals surface area contributed by atoms with Crippen molar-refractivity contribution in [2.24, 2.45) is 12.5 Å². The minimum atomic E-state index is -0.626. The lowest BCUT2D eigenvalue weighted by Gasteiger charge is -2.57. The number of aromatic nitrogens is 4. The summed E-state index contributed by atoms with van der Waals surface area (Å²) in [5.74, 6) is -0.0695. The first-order chi connectivity index (χ1) is 22.4. The van der Waals surface area contributed by atoms with E-state index in [1.165, 1.54) is 46.2 Å². The van der Waals surface area contributed by atoms with Crippen molar-refractivity contribution in [1.82, 2.24) is 30.0 Å². The van der Waals surface area contributed by atoms with Gasteiger partial charge < -0.3 is 29.4 Å². The number of pyridine rings is 1. The first kappa shape index (κ1) is 27.6. The fourth-order valence-electron chi connectivity index (χ4n) is 9.76. The van der Waals surface area contributed by atoms with Crippen LogP contribution in [-0.2, 0) is 33.5 Å². The summed E-state index contributed by atoms with van der Waals surface area (Å²) in [7, 11) is 2.00. The van der Waals surface area contributed by atoms with Gasteiger partial charge in [0.15, 0.2) is 5.79 Å². The third kappa shape index (κ3) is 4.02. The SMILES string of the molecule is Cn1ncc2cc(-c3c(C4CC4)[nH]c4ncc5c(c34)C3(CC4(CCN(C(=O)NC6CCCCC67OCCO7)CC4)C3)OC5)ccc21. The van der Waals surface area contributed by atoms with E-state index in [2.05, 4.69) is 33.6 Å². The van der Waals surface area contributed by atoms with Crippen LogP contribution in [-0.4, -0.2) is 68.8 Å². The van der Waals surface area contributed by atoms with E-state index in [1.807, 2.05) is 29.0 Å². The van der Waals surface area contributed by atoms with Crippen molar-refractivity contribution in [2.75, 3.05) is 26.3 Å². The Kier molecular flexibility index (Phi) is 5.87. The van der Waals surface area contributed by atoms with Crippen LogP contribution >= 0.6 is 0 Å². The fourth-order valence-corrected chi connectivity index (χ4v) is 9.76. The smallest absolute Gasteiger partial charge is 0.317 e. The molecule has 4 aromatic rings. The molecule has 1 aromatic carbocycles. The van der Waals surface area contributed by atoms with Crippen molar-refractivity contribution < 1.29 is 19.0 Å². The summed E-state index contributed by atoms with van der Waals surface area (Å²) >= 11 is 0. The number of hydrogen-bond acceptors (Lipinski definition) is 6. The Hall–Kier alpha value is -3.47. The predicted octanol–water partition coefficient (Wildman–Crippen LogP) is 5.99. The van der Waals surface area contributed by atoms with Gasteiger partial charge in [0, 0.05) is 65.9 Å². The van der Waals surface area contributed by atoms with Gasteiger partial charge in [0.1, 0.15) is 5.65 Å². The number of carbonyl (C=O) groups excluding carboxylic acids is 1. The van der Waals surface area contributed by atoms with Gasteiger partial charge in [-0.05, 0) is 80.4 Å². The molecule has 0 bridgehead atoms. The molecule has 3 aromatic heterocycles. The maximum Gasteiger partial charge on any atom is 0.317 e. The Morgan fingerprint density at radius 3 is 2.65 bits per heavy atom. The van der Waals surface area contributed by atoms with Gasteiger partial charge in [0.25, 0.3) is 0 Å². The summed E-state index contributed by atoms with van der Waals surface area (Å²) in [6, 6.07) is 6.69. The number of nitrogens with zero attached hydrogens (tertiary/aromatic N) is 4. The van der Waals surface area contributed by atoms with E-state index in [9.17, 15) is 4.79 Å². The summed E-state index contributed by atoms with van der Waals surface area (Å²) in [6.07, 6.45) is 14.4. The summed E-state index contributed by atoms with van der Waals surface area (Å²) in [5, 5.41) is 10.2. The Morgan fingerprint density at radius 1 is 1.02 bits per heavy atom. The average Bonchev–Trinajstić information content (AvgIpc) is 3.33. The molecule has 10 nitrogen and oxygen atoms in total. The molecule has 2 N–H and O–H groups in total. The van der Waals surface area contributed by atoms with Gasteiger partial charge >= 0.3 is 6.03 Å². The van der Waals surface area contributed by atoms with Crippen molar-refractivity contribution >= 4 is 28.0 Å². The number of fused-ring (bicyclic) bond motifs is 5. The molecule has 5 fully saturated rings. The third-order valence-corrected chi connectivity index (χ3v) is 12.2. The van der Waals surface area contributed by atoms with Gasteiger partial charge in [-0.2, -0.15) is 5.10 Å². The monoisotopic (exact) mass is 622 g/mol. The second-order valence-electron chi connectivity index (χ2n) is 15.0. The number of H-pyrrole nitrogens is 1. The molecule has 240 valence electrons. The van der Waals surface area contributed by atoms with E-state index in [-0.39, 0.29) is 23.1 Å². The molecule has 3 spiro atoms. The molecule has 46 heavy (non-hydrogen) atoms. The van der Waals surface area contributed by atoms with Crippen LogP contribution in [0.3, 0.4) is 0 Å². The van der Waals surface area contributed by atoms with Gasteiger partial charge in [0.2, 0.25) is 0 Å². The summed E-state index contributed by atoms with van der Waals surface area (Å²) in [6.45, 7) is 3.38. The van der Waals surface area contributed by atoms with Gasteiger partial charge in [-0.25, -0.2) is 9.78 Å². The zero-order valence-corrected chi connectivity index (χ0v) is 26.6. The maximum atomic E-state index is 13.5. The second kappa shape index (κ2) is 9.78. The number of aryl methyl sites for hydroxylation is 1. The number of piperidine rings is 1. The minimum absolute atomic E-state index is 0.0275. The van der Waals surface area contributed by atoms with Crippen LogP contribution in [0.5, 0.6) is 0 Å². The standard InChI is InChI=1S/C36H42N6O4/c1-41-26-8-7-23(16-24(26)18-38-41)28-29-30-25(17-37-32(29)40-31(28)22-5-6-22)19-46-35(30)20-34(21-35)10-12-42(13-11-34)33(43)39-27-4-2-3-9-36(27)44-14-15-45-36/h7-8,16-18,22,27H,2-6,9-15,19-21H2,1H3,(H,37,40)(H,39,43). The lowest BCUT2D eigenvalue weighted by Crippen LogP contribution is -2.60. The molecule has 10 heteroatoms. The lowest BCUT2D eigenvalue weighted by molar-refractivity contribution is -0.193. The highest BCUT2D eigenvalue weighted by Crippen LogP contribution is 2.65. The van der Waals surface area contributed by atoms with Gasteiger partial charge in [-0.3, -0.25) is 4.68 Å². The van der Waals surface area contributed by atoms with E-state index in [0.29, 0.717) is 25.7 Å². The Labute approximate surface area is 268 Å². The number of hydrogen-bond donors (Lipinski definition) is 2. The average molecular weight is 623 g/mol. The summed E-state index contributed by atoms with van der Waals surface area (Å²) in [4.78, 5) is 24.2.